The number of carbonyl (C=O) groups is 2. The van der Waals surface area contributed by atoms with Gasteiger partial charge in [0.25, 0.3) is 5.91 Å². The van der Waals surface area contributed by atoms with Gasteiger partial charge in [0, 0.05) is 17.1 Å². The van der Waals surface area contributed by atoms with Gasteiger partial charge in [0.05, 0.1) is 16.7 Å². The largest absolute Gasteiger partial charge is 0.487 e. The highest BCUT2D eigenvalue weighted by molar-refractivity contribution is 6.10. The van der Waals surface area contributed by atoms with E-state index in [0.29, 0.717) is 28.0 Å². The van der Waals surface area contributed by atoms with Crippen LogP contribution in [0.25, 0.3) is 11.0 Å². The molecule has 0 saturated heterocycles. The van der Waals surface area contributed by atoms with Crippen LogP contribution in [0.1, 0.15) is 41.2 Å². The molecule has 7 nitrogen and oxygen atoms in total. The first-order valence-electron chi connectivity index (χ1n) is 8.42. The Morgan fingerprint density at radius 3 is 2.52 bits per heavy atom. The zero-order chi connectivity index (χ0) is 19.8. The second-order valence-electron chi connectivity index (χ2n) is 6.81. The molecule has 2 heterocycles. The Morgan fingerprint density at radius 2 is 1.93 bits per heavy atom. The maximum atomic E-state index is 12.2. The van der Waals surface area contributed by atoms with E-state index in [1.54, 1.807) is 39.1 Å². The summed E-state index contributed by atoms with van der Waals surface area (Å²) >= 11 is 0. The van der Waals surface area contributed by atoms with Gasteiger partial charge >= 0.3 is 0 Å². The van der Waals surface area contributed by atoms with Gasteiger partial charge in [-0.2, -0.15) is 0 Å². The Morgan fingerprint density at radius 1 is 1.19 bits per heavy atom. The van der Waals surface area contributed by atoms with Crippen molar-refractivity contribution < 1.29 is 18.7 Å². The molecule has 140 valence electrons. The van der Waals surface area contributed by atoms with E-state index in [9.17, 15) is 9.59 Å². The van der Waals surface area contributed by atoms with Gasteiger partial charge in [-0.1, -0.05) is 6.07 Å². The quantitative estimate of drug-likeness (QED) is 0.693. The molecule has 0 atom stereocenters. The van der Waals surface area contributed by atoms with Gasteiger partial charge in [-0.15, -0.1) is 0 Å². The van der Waals surface area contributed by atoms with Crippen LogP contribution in [-0.4, -0.2) is 16.8 Å². The summed E-state index contributed by atoms with van der Waals surface area (Å²) in [4.78, 5) is 28.4. The highest BCUT2D eigenvalue weighted by Crippen LogP contribution is 2.41. The molecular weight excluding hydrogens is 346 g/mol. The summed E-state index contributed by atoms with van der Waals surface area (Å²) in [6.07, 6.45) is 1.67. The Hall–Kier alpha value is -3.35. The van der Waals surface area contributed by atoms with Crippen molar-refractivity contribution in [3.8, 4) is 5.75 Å². The van der Waals surface area contributed by atoms with E-state index in [1.165, 1.54) is 0 Å². The molecule has 7 heteroatoms. The topological polar surface area (TPSA) is 121 Å². The molecule has 27 heavy (non-hydrogen) atoms. The Bertz CT molecular complexity index is 1020. The number of nitrogens with zero attached hydrogens (tertiary/aromatic N) is 1. The molecule has 0 aliphatic carbocycles. The van der Waals surface area contributed by atoms with E-state index in [1.807, 2.05) is 18.2 Å². The first-order valence-corrected chi connectivity index (χ1v) is 8.42. The maximum absolute atomic E-state index is 12.2. The lowest BCUT2D eigenvalue weighted by Gasteiger charge is -2.25. The first-order chi connectivity index (χ1) is 12.7. The lowest BCUT2D eigenvalue weighted by Crippen LogP contribution is -2.36. The maximum Gasteiger partial charge on any atom is 0.252 e. The summed E-state index contributed by atoms with van der Waals surface area (Å²) < 4.78 is 11.6. The molecule has 2 amide bonds. The lowest BCUT2D eigenvalue weighted by atomic mass is 9.80. The van der Waals surface area contributed by atoms with Crippen LogP contribution in [0.5, 0.6) is 5.75 Å². The van der Waals surface area contributed by atoms with E-state index in [4.69, 9.17) is 20.6 Å². The summed E-state index contributed by atoms with van der Waals surface area (Å²) in [5.74, 6) is -0.414. The lowest BCUT2D eigenvalue weighted by molar-refractivity contribution is -0.122. The fraction of sp³-hybridized carbons (Fsp3) is 0.250. The molecule has 0 radical (unpaired) electrons. The van der Waals surface area contributed by atoms with Crippen molar-refractivity contribution in [1.29, 1.82) is 0 Å². The number of furan rings is 1. The number of aryl methyl sites for hydroxylation is 1. The average molecular weight is 367 g/mol. The summed E-state index contributed by atoms with van der Waals surface area (Å²) in [6.45, 7) is 5.18. The number of nitrogens with two attached hydrogens (primary N) is 2. The van der Waals surface area contributed by atoms with Crippen LogP contribution in [0.3, 0.4) is 0 Å². The normalized spacial score (nSPS) is 11.5. The Kier molecular flexibility index (Phi) is 4.61. The number of fused-ring (bicyclic) bond motifs is 1. The molecule has 0 saturated carbocycles. The average Bonchev–Trinajstić information content (AvgIpc) is 2.95. The molecule has 3 rings (SSSR count). The second kappa shape index (κ2) is 6.75. The van der Waals surface area contributed by atoms with Crippen LogP contribution in [0.15, 0.2) is 40.9 Å². The van der Waals surface area contributed by atoms with E-state index in [2.05, 4.69) is 4.98 Å². The van der Waals surface area contributed by atoms with Gasteiger partial charge in [-0.05, 0) is 45.0 Å². The van der Waals surface area contributed by atoms with Crippen LogP contribution < -0.4 is 16.2 Å². The Labute approximate surface area is 156 Å². The highest BCUT2D eigenvalue weighted by Gasteiger charge is 2.36. The zero-order valence-electron chi connectivity index (χ0n) is 15.4. The minimum atomic E-state index is -1.13. The third-order valence-electron chi connectivity index (χ3n) is 4.58. The fourth-order valence-electron chi connectivity index (χ4n) is 3.09. The fourth-order valence-corrected chi connectivity index (χ4v) is 3.09. The number of carbonyl (C=O) groups excluding carboxylic acids is 2. The van der Waals surface area contributed by atoms with Gasteiger partial charge in [0.2, 0.25) is 5.91 Å². The van der Waals surface area contributed by atoms with Gasteiger partial charge in [-0.3, -0.25) is 14.6 Å². The van der Waals surface area contributed by atoms with E-state index < -0.39 is 17.2 Å². The smallest absolute Gasteiger partial charge is 0.252 e. The van der Waals surface area contributed by atoms with Gasteiger partial charge < -0.3 is 20.6 Å². The third-order valence-corrected chi connectivity index (χ3v) is 4.58. The minimum absolute atomic E-state index is 0.191. The number of hydrogen-bond acceptors (Lipinski definition) is 5. The SMILES string of the molecule is Cc1oc2ccc(OCc3ccccn3)c(C(C)(C)C(N)=O)c2c1C(N)=O. The van der Waals surface area contributed by atoms with E-state index in [-0.39, 0.29) is 12.2 Å². The molecule has 0 spiro atoms. The van der Waals surface area contributed by atoms with Crippen molar-refractivity contribution in [3.05, 3.63) is 59.1 Å². The zero-order valence-corrected chi connectivity index (χ0v) is 15.4. The van der Waals surface area contributed by atoms with Gasteiger partial charge in [0.1, 0.15) is 23.7 Å². The van der Waals surface area contributed by atoms with Crippen LogP contribution >= 0.6 is 0 Å². The summed E-state index contributed by atoms with van der Waals surface area (Å²) in [5.41, 5.74) is 11.9. The van der Waals surface area contributed by atoms with Crippen molar-refractivity contribution in [2.24, 2.45) is 11.5 Å². The number of rotatable bonds is 6. The minimum Gasteiger partial charge on any atom is -0.487 e. The van der Waals surface area contributed by atoms with Crippen molar-refractivity contribution in [1.82, 2.24) is 4.98 Å². The standard InChI is InChI=1S/C20H21N3O4/c1-11-15(18(21)24)16-13(27-11)7-8-14(17(16)20(2,3)19(22)25)26-10-12-6-4-5-9-23-12/h4-9H,10H2,1-3H3,(H2,21,24)(H2,22,25). The predicted molar refractivity (Wildman–Crippen MR) is 100 cm³/mol. The van der Waals surface area contributed by atoms with Crippen molar-refractivity contribution >= 4 is 22.8 Å². The van der Waals surface area contributed by atoms with Gasteiger partial charge in [-0.25, -0.2) is 0 Å². The van der Waals surface area contributed by atoms with Crippen LogP contribution in [-0.2, 0) is 16.8 Å². The van der Waals surface area contributed by atoms with Crippen LogP contribution in [0.2, 0.25) is 0 Å². The monoisotopic (exact) mass is 367 g/mol. The number of aromatic nitrogens is 1. The van der Waals surface area contributed by atoms with Crippen molar-refractivity contribution in [3.63, 3.8) is 0 Å². The highest BCUT2D eigenvalue weighted by atomic mass is 16.5. The van der Waals surface area contributed by atoms with Crippen LogP contribution in [0.4, 0.5) is 0 Å². The molecule has 0 unspecified atom stereocenters. The van der Waals surface area contributed by atoms with E-state index >= 15 is 0 Å². The van der Waals surface area contributed by atoms with Gasteiger partial charge in [0.15, 0.2) is 0 Å². The molecule has 0 bridgehead atoms. The summed E-state index contributed by atoms with van der Waals surface area (Å²) in [7, 11) is 0. The molecule has 3 aromatic rings. The van der Waals surface area contributed by atoms with E-state index in [0.717, 1.165) is 5.69 Å². The number of hydrogen-bond donors (Lipinski definition) is 2. The predicted octanol–water partition coefficient (Wildman–Crippen LogP) is 2.58. The number of benzene rings is 1. The second-order valence-corrected chi connectivity index (χ2v) is 6.81. The molecule has 0 fully saturated rings. The molecule has 1 aromatic carbocycles. The number of pyridine rings is 1. The van der Waals surface area contributed by atoms with Crippen molar-refractivity contribution in [2.75, 3.05) is 0 Å². The summed E-state index contributed by atoms with van der Waals surface area (Å²) in [5, 5.41) is 0.447. The van der Waals surface area contributed by atoms with Crippen LogP contribution in [0, 0.1) is 6.92 Å². The van der Waals surface area contributed by atoms with Crippen molar-refractivity contribution in [2.45, 2.75) is 32.8 Å². The Balaban J connectivity index is 2.22. The molecule has 2 aromatic heterocycles. The molecule has 0 aliphatic rings. The summed E-state index contributed by atoms with van der Waals surface area (Å²) in [6, 6.07) is 8.87. The number of amides is 2. The molecule has 0 aliphatic heterocycles. The first kappa shape index (κ1) is 18.4. The third kappa shape index (κ3) is 3.23. The number of primary amides is 2. The number of ether oxygens (including phenoxy) is 1. The molecular formula is C20H21N3O4. The molecule has 4 N–H and O–H groups in total.